The number of hydrogen-bond acceptors (Lipinski definition) is 4. The maximum atomic E-state index is 12.4. The lowest BCUT2D eigenvalue weighted by atomic mass is 10.2. The van der Waals surface area contributed by atoms with Crippen LogP contribution in [0.25, 0.3) is 10.4 Å². The number of dihydropyridines is 1. The van der Waals surface area contributed by atoms with Crippen molar-refractivity contribution in [1.29, 1.82) is 0 Å². The number of amides is 1. The Bertz CT molecular complexity index is 684. The molecule has 0 spiro atoms. The molecule has 0 aromatic heterocycles. The Morgan fingerprint density at radius 3 is 2.83 bits per heavy atom. The molecule has 1 amide bonds. The topological polar surface area (TPSA) is 102 Å². The molecule has 126 valence electrons. The molecule has 0 aliphatic carbocycles. The highest BCUT2D eigenvalue weighted by Crippen LogP contribution is 2.14. The molecule has 0 fully saturated rings. The Labute approximate surface area is 149 Å². The van der Waals surface area contributed by atoms with Crippen molar-refractivity contribution in [3.63, 3.8) is 0 Å². The highest BCUT2D eigenvalue weighted by atomic mass is 35.5. The second-order valence-electron chi connectivity index (χ2n) is 4.95. The first-order chi connectivity index (χ1) is 11.6. The van der Waals surface area contributed by atoms with E-state index in [4.69, 9.17) is 28.7 Å². The summed E-state index contributed by atoms with van der Waals surface area (Å²) in [6, 6.07) is 8.90. The van der Waals surface area contributed by atoms with Crippen molar-refractivity contribution in [2.75, 3.05) is 6.54 Å². The molecule has 0 saturated heterocycles. The average molecular weight is 367 g/mol. The van der Waals surface area contributed by atoms with Crippen LogP contribution in [0.5, 0.6) is 0 Å². The van der Waals surface area contributed by atoms with Gasteiger partial charge in [-0.1, -0.05) is 58.6 Å². The maximum Gasteiger partial charge on any atom is 0.241 e. The third-order valence-corrected chi connectivity index (χ3v) is 3.80. The molecular formula is C15H16Cl2N6O. The number of nitrogens with zero attached hydrogens (tertiary/aromatic N) is 3. The lowest BCUT2D eigenvalue weighted by Gasteiger charge is -2.21. The van der Waals surface area contributed by atoms with Crippen LogP contribution in [-0.2, 0) is 11.3 Å². The molecule has 7 nitrogen and oxygen atoms in total. The highest BCUT2D eigenvalue weighted by molar-refractivity contribution is 6.31. The van der Waals surface area contributed by atoms with Crippen molar-refractivity contribution in [3.05, 3.63) is 69.3 Å². The summed E-state index contributed by atoms with van der Waals surface area (Å²) in [6.45, 7) is 0.444. The monoisotopic (exact) mass is 366 g/mol. The molecule has 1 aromatic carbocycles. The van der Waals surface area contributed by atoms with Gasteiger partial charge in [-0.2, -0.15) is 0 Å². The van der Waals surface area contributed by atoms with Gasteiger partial charge in [0.15, 0.2) is 0 Å². The quantitative estimate of drug-likeness (QED) is 0.227. The molecule has 1 heterocycles. The standard InChI is InChI=1S/C15H16Cl2N6O/c16-13-7-6-11(14(17)22-13)21-15(24)12(9-20-23-18)19-8-10-4-2-1-3-5-10/h1-7,12-13,19,22H,8-9H2,(H,21,24)/t12-,13?/m1/s1. The number of allylic oxidation sites excluding steroid dienone is 1. The number of rotatable bonds is 7. The molecular weight excluding hydrogens is 351 g/mol. The molecule has 0 saturated carbocycles. The third-order valence-electron chi connectivity index (χ3n) is 3.23. The molecule has 9 heteroatoms. The van der Waals surface area contributed by atoms with Gasteiger partial charge in [-0.25, -0.2) is 0 Å². The first-order valence-corrected chi connectivity index (χ1v) is 7.99. The van der Waals surface area contributed by atoms with Gasteiger partial charge in [-0.3, -0.25) is 4.79 Å². The minimum Gasteiger partial charge on any atom is -0.355 e. The Hall–Kier alpha value is -2.18. The maximum absolute atomic E-state index is 12.4. The van der Waals surface area contributed by atoms with Crippen LogP contribution in [0.2, 0.25) is 0 Å². The van der Waals surface area contributed by atoms with Crippen LogP contribution >= 0.6 is 23.2 Å². The van der Waals surface area contributed by atoms with Crippen molar-refractivity contribution in [3.8, 4) is 0 Å². The van der Waals surface area contributed by atoms with Crippen LogP contribution in [0.4, 0.5) is 0 Å². The fourth-order valence-electron chi connectivity index (χ4n) is 2.01. The minimum absolute atomic E-state index is 0.0185. The largest absolute Gasteiger partial charge is 0.355 e. The normalized spacial score (nSPS) is 17.7. The summed E-state index contributed by atoms with van der Waals surface area (Å²) in [5.74, 6) is -0.356. The zero-order chi connectivity index (χ0) is 17.4. The summed E-state index contributed by atoms with van der Waals surface area (Å²) in [4.78, 5) is 15.1. The summed E-state index contributed by atoms with van der Waals surface area (Å²) >= 11 is 11.9. The van der Waals surface area contributed by atoms with Gasteiger partial charge >= 0.3 is 0 Å². The number of halogens is 2. The van der Waals surface area contributed by atoms with Gasteiger partial charge in [-0.05, 0) is 23.2 Å². The van der Waals surface area contributed by atoms with E-state index in [2.05, 4.69) is 26.0 Å². The molecule has 0 radical (unpaired) electrons. The van der Waals surface area contributed by atoms with E-state index in [0.717, 1.165) is 5.56 Å². The van der Waals surface area contributed by atoms with Crippen LogP contribution in [0, 0.1) is 0 Å². The zero-order valence-corrected chi connectivity index (χ0v) is 14.1. The van der Waals surface area contributed by atoms with E-state index in [1.165, 1.54) is 0 Å². The lowest BCUT2D eigenvalue weighted by Crippen LogP contribution is -2.46. The SMILES string of the molecule is [N-]=[N+]=NC[C@@H](NCc1ccccc1)C(=O)NC1=C(Cl)NC(Cl)C=C1. The number of benzene rings is 1. The summed E-state index contributed by atoms with van der Waals surface area (Å²) in [6.07, 6.45) is 3.28. The van der Waals surface area contributed by atoms with Crippen LogP contribution in [0.3, 0.4) is 0 Å². The number of carbonyl (C=O) groups excluding carboxylic acids is 1. The molecule has 1 aromatic rings. The Balaban J connectivity index is 2.01. The molecule has 2 rings (SSSR count). The minimum atomic E-state index is -0.694. The van der Waals surface area contributed by atoms with Crippen LogP contribution in [0.15, 0.2) is 58.5 Å². The molecule has 1 unspecified atom stereocenters. The Morgan fingerprint density at radius 2 is 2.17 bits per heavy atom. The molecule has 3 N–H and O–H groups in total. The van der Waals surface area contributed by atoms with Gasteiger partial charge in [0.1, 0.15) is 10.7 Å². The van der Waals surface area contributed by atoms with Gasteiger partial charge in [0.2, 0.25) is 5.91 Å². The van der Waals surface area contributed by atoms with Gasteiger partial charge < -0.3 is 16.0 Å². The second kappa shape index (κ2) is 9.20. The van der Waals surface area contributed by atoms with Gasteiger partial charge in [0, 0.05) is 11.5 Å². The lowest BCUT2D eigenvalue weighted by molar-refractivity contribution is -0.122. The number of carbonyl (C=O) groups is 1. The fourth-order valence-corrected chi connectivity index (χ4v) is 2.48. The van der Waals surface area contributed by atoms with Crippen molar-refractivity contribution >= 4 is 29.1 Å². The molecule has 1 aliphatic rings. The predicted octanol–water partition coefficient (Wildman–Crippen LogP) is 2.70. The predicted molar refractivity (Wildman–Crippen MR) is 94.0 cm³/mol. The van der Waals surface area contributed by atoms with Crippen molar-refractivity contribution in [2.45, 2.75) is 18.1 Å². The van der Waals surface area contributed by atoms with Gasteiger partial charge in [0.05, 0.1) is 18.3 Å². The van der Waals surface area contributed by atoms with Crippen molar-refractivity contribution in [2.24, 2.45) is 5.11 Å². The van der Waals surface area contributed by atoms with E-state index in [1.807, 2.05) is 30.3 Å². The van der Waals surface area contributed by atoms with Crippen LogP contribution in [0.1, 0.15) is 5.56 Å². The van der Waals surface area contributed by atoms with Crippen LogP contribution < -0.4 is 16.0 Å². The summed E-state index contributed by atoms with van der Waals surface area (Å²) < 4.78 is 0. The van der Waals surface area contributed by atoms with Crippen molar-refractivity contribution < 1.29 is 4.79 Å². The Morgan fingerprint density at radius 1 is 1.42 bits per heavy atom. The third kappa shape index (κ3) is 5.47. The number of nitrogens with one attached hydrogen (secondary N) is 3. The summed E-state index contributed by atoms with van der Waals surface area (Å²) in [5, 5.41) is 12.3. The van der Waals surface area contributed by atoms with Crippen LogP contribution in [-0.4, -0.2) is 24.0 Å². The van der Waals surface area contributed by atoms with Gasteiger partial charge in [-0.15, -0.1) is 0 Å². The summed E-state index contributed by atoms with van der Waals surface area (Å²) in [7, 11) is 0. The van der Waals surface area contributed by atoms with E-state index in [-0.39, 0.29) is 17.6 Å². The fraction of sp³-hybridized carbons (Fsp3) is 0.267. The highest BCUT2D eigenvalue weighted by Gasteiger charge is 2.20. The number of alkyl halides is 1. The van der Waals surface area contributed by atoms with Crippen molar-refractivity contribution in [1.82, 2.24) is 16.0 Å². The molecule has 0 bridgehead atoms. The van der Waals surface area contributed by atoms with E-state index in [9.17, 15) is 4.79 Å². The first-order valence-electron chi connectivity index (χ1n) is 7.17. The molecule has 2 atom stereocenters. The second-order valence-corrected chi connectivity index (χ2v) is 5.80. The smallest absolute Gasteiger partial charge is 0.241 e. The van der Waals surface area contributed by atoms with E-state index in [1.54, 1.807) is 12.2 Å². The number of azide groups is 1. The zero-order valence-electron chi connectivity index (χ0n) is 12.6. The van der Waals surface area contributed by atoms with E-state index in [0.29, 0.717) is 12.2 Å². The average Bonchev–Trinajstić information content (AvgIpc) is 2.58. The van der Waals surface area contributed by atoms with E-state index < -0.39 is 11.5 Å². The molecule has 24 heavy (non-hydrogen) atoms. The summed E-state index contributed by atoms with van der Waals surface area (Å²) in [5.41, 5.74) is 9.50. The number of hydrogen-bond donors (Lipinski definition) is 3. The Kier molecular flexibility index (Phi) is 6.96. The van der Waals surface area contributed by atoms with E-state index >= 15 is 0 Å². The van der Waals surface area contributed by atoms with Gasteiger partial charge in [0.25, 0.3) is 0 Å². The molecule has 1 aliphatic heterocycles. The first kappa shape index (κ1) is 18.2.